The van der Waals surface area contributed by atoms with Crippen LogP contribution in [-0.4, -0.2) is 22.3 Å². The molecule has 0 spiro atoms. The summed E-state index contributed by atoms with van der Waals surface area (Å²) in [6, 6.07) is 13.8. The van der Waals surface area contributed by atoms with Crippen LogP contribution in [0.15, 0.2) is 48.5 Å². The molecule has 1 aromatic heterocycles. The summed E-state index contributed by atoms with van der Waals surface area (Å²) >= 11 is 0. The van der Waals surface area contributed by atoms with E-state index in [1.54, 1.807) is 0 Å². The summed E-state index contributed by atoms with van der Waals surface area (Å²) in [5.74, 6) is -0.199. The number of aryl methyl sites for hydroxylation is 2. The van der Waals surface area contributed by atoms with Gasteiger partial charge in [0, 0.05) is 0 Å². The molecule has 0 atom stereocenters. The molecular formula is C21H22FN3O2. The molecule has 0 saturated heterocycles. The van der Waals surface area contributed by atoms with Gasteiger partial charge < -0.3 is 10.1 Å². The van der Waals surface area contributed by atoms with Crippen molar-refractivity contribution in [3.05, 3.63) is 76.9 Å². The quantitative estimate of drug-likeness (QED) is 0.716. The Bertz CT molecular complexity index is 949. The number of nitrogens with zero attached hydrogens (tertiary/aromatic N) is 2. The Morgan fingerprint density at radius 3 is 2.59 bits per heavy atom. The van der Waals surface area contributed by atoms with Crippen molar-refractivity contribution in [3.63, 3.8) is 0 Å². The van der Waals surface area contributed by atoms with Crippen LogP contribution in [0.3, 0.4) is 0 Å². The normalized spacial score (nSPS) is 10.7. The predicted molar refractivity (Wildman–Crippen MR) is 103 cm³/mol. The molecule has 6 heteroatoms. The summed E-state index contributed by atoms with van der Waals surface area (Å²) in [5.41, 5.74) is 4.66. The summed E-state index contributed by atoms with van der Waals surface area (Å²) < 4.78 is 20.2. The van der Waals surface area contributed by atoms with E-state index in [1.165, 1.54) is 29.8 Å². The highest BCUT2D eigenvalue weighted by molar-refractivity contribution is 5.93. The minimum absolute atomic E-state index is 0.159. The fourth-order valence-electron chi connectivity index (χ4n) is 2.87. The number of nitrogens with one attached hydrogen (secondary N) is 1. The number of carbonyl (C=O) groups excluding carboxylic acids is 1. The maximum Gasteiger partial charge on any atom is 0.262 e. The Morgan fingerprint density at radius 2 is 1.89 bits per heavy atom. The third kappa shape index (κ3) is 4.73. The molecule has 1 heterocycles. The van der Waals surface area contributed by atoms with Crippen LogP contribution in [0.2, 0.25) is 0 Å². The first kappa shape index (κ1) is 18.6. The lowest BCUT2D eigenvalue weighted by Gasteiger charge is -2.09. The number of carbonyl (C=O) groups is 1. The second kappa shape index (κ2) is 8.03. The van der Waals surface area contributed by atoms with Gasteiger partial charge in [0.05, 0.1) is 23.6 Å². The van der Waals surface area contributed by atoms with E-state index >= 15 is 0 Å². The maximum absolute atomic E-state index is 12.9. The second-order valence-corrected chi connectivity index (χ2v) is 6.48. The first-order valence-electron chi connectivity index (χ1n) is 8.70. The lowest BCUT2D eigenvalue weighted by molar-refractivity contribution is -0.118. The van der Waals surface area contributed by atoms with Crippen molar-refractivity contribution >= 4 is 11.6 Å². The van der Waals surface area contributed by atoms with E-state index < -0.39 is 0 Å². The van der Waals surface area contributed by atoms with E-state index in [4.69, 9.17) is 4.74 Å². The van der Waals surface area contributed by atoms with Gasteiger partial charge in [-0.2, -0.15) is 5.10 Å². The topological polar surface area (TPSA) is 56.2 Å². The molecule has 0 aliphatic carbocycles. The van der Waals surface area contributed by atoms with E-state index in [9.17, 15) is 9.18 Å². The zero-order valence-electron chi connectivity index (χ0n) is 15.6. The Kier molecular flexibility index (Phi) is 5.54. The SMILES string of the molecule is Cc1cccc(Cn2nc(C)c(NC(=O)COc3ccc(F)cc3)c2C)c1. The summed E-state index contributed by atoms with van der Waals surface area (Å²) in [6.07, 6.45) is 0. The van der Waals surface area contributed by atoms with Crippen molar-refractivity contribution in [2.45, 2.75) is 27.3 Å². The number of benzene rings is 2. The van der Waals surface area contributed by atoms with Crippen LogP contribution in [-0.2, 0) is 11.3 Å². The Balaban J connectivity index is 1.65. The monoisotopic (exact) mass is 367 g/mol. The van der Waals surface area contributed by atoms with Gasteiger partial charge in [0.1, 0.15) is 11.6 Å². The van der Waals surface area contributed by atoms with Crippen LogP contribution in [0.25, 0.3) is 0 Å². The van der Waals surface area contributed by atoms with Crippen LogP contribution >= 0.6 is 0 Å². The first-order chi connectivity index (χ1) is 12.9. The largest absolute Gasteiger partial charge is 0.484 e. The molecule has 3 rings (SSSR count). The van der Waals surface area contributed by atoms with Crippen LogP contribution in [0.5, 0.6) is 5.75 Å². The molecule has 0 radical (unpaired) electrons. The summed E-state index contributed by atoms with van der Waals surface area (Å²) in [7, 11) is 0. The van der Waals surface area contributed by atoms with Crippen molar-refractivity contribution in [2.24, 2.45) is 0 Å². The average molecular weight is 367 g/mol. The van der Waals surface area contributed by atoms with E-state index in [1.807, 2.05) is 24.6 Å². The van der Waals surface area contributed by atoms with Crippen molar-refractivity contribution in [1.82, 2.24) is 9.78 Å². The van der Waals surface area contributed by atoms with Gasteiger partial charge in [-0.15, -0.1) is 0 Å². The lowest BCUT2D eigenvalue weighted by Crippen LogP contribution is -2.21. The fraction of sp³-hybridized carbons (Fsp3) is 0.238. The van der Waals surface area contributed by atoms with Gasteiger partial charge in [0.15, 0.2) is 6.61 Å². The molecule has 1 N–H and O–H groups in total. The highest BCUT2D eigenvalue weighted by Gasteiger charge is 2.15. The number of halogens is 1. The first-order valence-corrected chi connectivity index (χ1v) is 8.70. The molecule has 0 fully saturated rings. The van der Waals surface area contributed by atoms with Crippen molar-refractivity contribution in [1.29, 1.82) is 0 Å². The molecule has 2 aromatic carbocycles. The standard InChI is InChI=1S/C21H22FN3O2/c1-14-5-4-6-17(11-14)12-25-16(3)21(15(2)24-25)23-20(26)13-27-19-9-7-18(22)8-10-19/h4-11H,12-13H2,1-3H3,(H,23,26). The molecule has 27 heavy (non-hydrogen) atoms. The number of ether oxygens (including phenoxy) is 1. The highest BCUT2D eigenvalue weighted by Crippen LogP contribution is 2.21. The second-order valence-electron chi connectivity index (χ2n) is 6.48. The van der Waals surface area contributed by atoms with E-state index in [-0.39, 0.29) is 18.3 Å². The molecule has 1 amide bonds. The van der Waals surface area contributed by atoms with Crippen molar-refractivity contribution in [2.75, 3.05) is 11.9 Å². The zero-order valence-corrected chi connectivity index (χ0v) is 15.6. The summed E-state index contributed by atoms with van der Waals surface area (Å²) in [5, 5.41) is 7.39. The summed E-state index contributed by atoms with van der Waals surface area (Å²) in [6.45, 7) is 6.31. The number of hydrogen-bond donors (Lipinski definition) is 1. The van der Waals surface area contributed by atoms with Crippen LogP contribution in [0.1, 0.15) is 22.5 Å². The number of amides is 1. The third-order valence-electron chi connectivity index (χ3n) is 4.24. The van der Waals surface area contributed by atoms with Gasteiger partial charge in [-0.3, -0.25) is 9.48 Å². The minimum atomic E-state index is -0.348. The van der Waals surface area contributed by atoms with Gasteiger partial charge >= 0.3 is 0 Å². The highest BCUT2D eigenvalue weighted by atomic mass is 19.1. The molecule has 0 aliphatic heterocycles. The molecule has 0 bridgehead atoms. The minimum Gasteiger partial charge on any atom is -0.484 e. The Morgan fingerprint density at radius 1 is 1.15 bits per heavy atom. The molecular weight excluding hydrogens is 345 g/mol. The molecule has 0 aliphatic rings. The van der Waals surface area contributed by atoms with E-state index in [2.05, 4.69) is 35.5 Å². The zero-order chi connectivity index (χ0) is 19.4. The Labute approximate surface area is 157 Å². The number of hydrogen-bond acceptors (Lipinski definition) is 3. The predicted octanol–water partition coefficient (Wildman–Crippen LogP) is 4.01. The van der Waals surface area contributed by atoms with Gasteiger partial charge in [-0.25, -0.2) is 4.39 Å². The molecule has 5 nitrogen and oxygen atoms in total. The van der Waals surface area contributed by atoms with Gasteiger partial charge in [-0.05, 0) is 50.6 Å². The number of rotatable bonds is 6. The van der Waals surface area contributed by atoms with Crippen LogP contribution < -0.4 is 10.1 Å². The van der Waals surface area contributed by atoms with Gasteiger partial charge in [-0.1, -0.05) is 29.8 Å². The van der Waals surface area contributed by atoms with Crippen LogP contribution in [0.4, 0.5) is 10.1 Å². The smallest absolute Gasteiger partial charge is 0.262 e. The summed E-state index contributed by atoms with van der Waals surface area (Å²) in [4.78, 5) is 12.2. The van der Waals surface area contributed by atoms with Crippen LogP contribution in [0, 0.1) is 26.6 Å². The maximum atomic E-state index is 12.9. The van der Waals surface area contributed by atoms with Crippen molar-refractivity contribution in [3.8, 4) is 5.75 Å². The molecule has 0 unspecified atom stereocenters. The molecule has 0 saturated carbocycles. The Hall–Kier alpha value is -3.15. The van der Waals surface area contributed by atoms with Gasteiger partial charge in [0.2, 0.25) is 0 Å². The molecule has 140 valence electrons. The van der Waals surface area contributed by atoms with E-state index in [0.29, 0.717) is 18.0 Å². The van der Waals surface area contributed by atoms with E-state index in [0.717, 1.165) is 17.0 Å². The average Bonchev–Trinajstić information content (AvgIpc) is 2.89. The number of anilines is 1. The van der Waals surface area contributed by atoms with Crippen molar-refractivity contribution < 1.29 is 13.9 Å². The third-order valence-corrected chi connectivity index (χ3v) is 4.24. The fourth-order valence-corrected chi connectivity index (χ4v) is 2.87. The van der Waals surface area contributed by atoms with Gasteiger partial charge in [0.25, 0.3) is 5.91 Å². The molecule has 3 aromatic rings. The number of aromatic nitrogens is 2. The lowest BCUT2D eigenvalue weighted by atomic mass is 10.1.